The zero-order chi connectivity index (χ0) is 33.3. The number of aromatic nitrogens is 1. The molecule has 8 atom stereocenters. The lowest BCUT2D eigenvalue weighted by molar-refractivity contribution is -0.267. The van der Waals surface area contributed by atoms with Crippen LogP contribution in [0.5, 0.6) is 11.5 Å². The van der Waals surface area contributed by atoms with Crippen LogP contribution in [0.2, 0.25) is 0 Å². The number of fused-ring (bicyclic) bond motifs is 2. The Kier molecular flexibility index (Phi) is 10.7. The topological polar surface area (TPSA) is 129 Å². The van der Waals surface area contributed by atoms with Crippen molar-refractivity contribution in [2.75, 3.05) is 13.2 Å². The van der Waals surface area contributed by atoms with Crippen molar-refractivity contribution in [3.05, 3.63) is 21.2 Å². The van der Waals surface area contributed by atoms with Crippen molar-refractivity contribution < 1.29 is 47.6 Å². The third kappa shape index (κ3) is 7.39. The van der Waals surface area contributed by atoms with Crippen LogP contribution >= 0.6 is 31.9 Å². The molecular formula is C33H37Br2NO10. The highest BCUT2D eigenvalue weighted by Crippen LogP contribution is 2.53. The third-order valence-electron chi connectivity index (χ3n) is 8.75. The Morgan fingerprint density at radius 2 is 1.57 bits per heavy atom. The van der Waals surface area contributed by atoms with Crippen molar-refractivity contribution in [1.29, 1.82) is 0 Å². The van der Waals surface area contributed by atoms with Gasteiger partial charge in [-0.05, 0) is 68.5 Å². The van der Waals surface area contributed by atoms with E-state index in [4.69, 9.17) is 28.4 Å². The summed E-state index contributed by atoms with van der Waals surface area (Å²) in [6, 6.07) is 1.81. The molecule has 3 aliphatic rings. The minimum Gasteiger partial charge on any atom is -0.491 e. The van der Waals surface area contributed by atoms with Gasteiger partial charge in [0, 0.05) is 40.5 Å². The minimum absolute atomic E-state index is 0.248. The Morgan fingerprint density at radius 3 is 2.15 bits per heavy atom. The lowest BCUT2D eigenvalue weighted by Crippen LogP contribution is -2.59. The maximum absolute atomic E-state index is 12.7. The summed E-state index contributed by atoms with van der Waals surface area (Å²) in [6.07, 6.45) is 1.42. The minimum atomic E-state index is -1.07. The molecule has 13 heteroatoms. The van der Waals surface area contributed by atoms with Gasteiger partial charge in [0.1, 0.15) is 30.3 Å². The Balaban J connectivity index is 1.46. The van der Waals surface area contributed by atoms with E-state index in [0.717, 1.165) is 25.7 Å². The summed E-state index contributed by atoms with van der Waals surface area (Å²) in [5.74, 6) is 6.33. The van der Waals surface area contributed by atoms with Crippen LogP contribution in [0, 0.1) is 35.5 Å². The third-order valence-corrected chi connectivity index (χ3v) is 10.1. The lowest BCUT2D eigenvalue weighted by atomic mass is 9.92. The van der Waals surface area contributed by atoms with Gasteiger partial charge in [0.05, 0.1) is 38.6 Å². The van der Waals surface area contributed by atoms with Crippen LogP contribution in [0.25, 0.3) is 10.9 Å². The van der Waals surface area contributed by atoms with Gasteiger partial charge in [-0.3, -0.25) is 23.7 Å². The Morgan fingerprint density at radius 1 is 0.935 bits per heavy atom. The van der Waals surface area contributed by atoms with Gasteiger partial charge in [0.15, 0.2) is 6.10 Å². The fourth-order valence-electron chi connectivity index (χ4n) is 6.54. The fourth-order valence-corrected chi connectivity index (χ4v) is 8.06. The van der Waals surface area contributed by atoms with Gasteiger partial charge in [-0.1, -0.05) is 6.92 Å². The van der Waals surface area contributed by atoms with Crippen molar-refractivity contribution in [2.45, 2.75) is 84.9 Å². The molecule has 2 aliphatic carbocycles. The number of ether oxygens (including phenoxy) is 6. The average molecular weight is 767 g/mol. The molecular weight excluding hydrogens is 730 g/mol. The van der Waals surface area contributed by atoms with Crippen LogP contribution < -0.4 is 9.47 Å². The van der Waals surface area contributed by atoms with Crippen molar-refractivity contribution in [3.8, 4) is 23.3 Å². The number of rotatable bonds is 9. The first-order valence-electron chi connectivity index (χ1n) is 15.3. The molecule has 5 rings (SSSR count). The highest BCUT2D eigenvalue weighted by atomic mass is 79.9. The maximum atomic E-state index is 12.7. The van der Waals surface area contributed by atoms with E-state index in [0.29, 0.717) is 55.7 Å². The van der Waals surface area contributed by atoms with Crippen molar-refractivity contribution >= 4 is 66.6 Å². The zero-order valence-electron chi connectivity index (χ0n) is 26.3. The number of carbonyl (C=O) groups is 4. The second kappa shape index (κ2) is 14.4. The summed E-state index contributed by atoms with van der Waals surface area (Å²) in [5, 5.41) is 0.571. The van der Waals surface area contributed by atoms with Crippen LogP contribution in [0.1, 0.15) is 65.1 Å². The van der Waals surface area contributed by atoms with Gasteiger partial charge >= 0.3 is 17.9 Å². The fraction of sp³-hybridized carbons (Fsp3) is 0.576. The van der Waals surface area contributed by atoms with E-state index < -0.39 is 48.4 Å². The highest BCUT2D eigenvalue weighted by Gasteiger charge is 2.50. The second-order valence-corrected chi connectivity index (χ2v) is 13.6. The quantitative estimate of drug-likeness (QED) is 0.175. The molecule has 11 nitrogen and oxygen atoms in total. The number of halogens is 2. The number of esters is 3. The van der Waals surface area contributed by atoms with E-state index in [1.807, 2.05) is 0 Å². The number of nitrogens with zero attached hydrogens (tertiary/aromatic N) is 1. The first-order valence-corrected chi connectivity index (χ1v) is 16.9. The molecule has 1 saturated carbocycles. The van der Waals surface area contributed by atoms with Crippen LogP contribution in [0.15, 0.2) is 21.2 Å². The van der Waals surface area contributed by atoms with E-state index in [1.54, 1.807) is 19.2 Å². The average Bonchev–Trinajstić information content (AvgIpc) is 3.45. The van der Waals surface area contributed by atoms with Gasteiger partial charge in [-0.2, -0.15) is 0 Å². The number of benzene rings is 1. The van der Waals surface area contributed by atoms with Crippen LogP contribution in [-0.4, -0.2) is 66.2 Å². The molecule has 1 aromatic carbocycles. The molecule has 0 radical (unpaired) electrons. The number of carbonyl (C=O) groups excluding carboxylic acids is 4. The number of hydrogen-bond acceptors (Lipinski definition) is 10. The number of hydrogen-bond donors (Lipinski definition) is 0. The van der Waals surface area contributed by atoms with E-state index in [-0.39, 0.29) is 12.5 Å². The van der Waals surface area contributed by atoms with Gasteiger partial charge < -0.3 is 28.4 Å². The summed E-state index contributed by atoms with van der Waals surface area (Å²) in [4.78, 5) is 48.5. The highest BCUT2D eigenvalue weighted by molar-refractivity contribution is 9.11. The molecule has 0 amide bonds. The molecule has 1 aliphatic heterocycles. The van der Waals surface area contributed by atoms with E-state index in [9.17, 15) is 19.2 Å². The Hall–Kier alpha value is -3.08. The van der Waals surface area contributed by atoms with Gasteiger partial charge in [-0.15, -0.1) is 11.8 Å². The smallest absolute Gasteiger partial charge is 0.303 e. The predicted octanol–water partition coefficient (Wildman–Crippen LogP) is 5.81. The predicted molar refractivity (Wildman–Crippen MR) is 172 cm³/mol. The molecule has 2 heterocycles. The summed E-state index contributed by atoms with van der Waals surface area (Å²) in [6.45, 7) is 7.14. The molecule has 1 aromatic heterocycles. The maximum Gasteiger partial charge on any atom is 0.303 e. The van der Waals surface area contributed by atoms with Crippen molar-refractivity contribution in [1.82, 2.24) is 4.57 Å². The Bertz CT molecular complexity index is 1570. The summed E-state index contributed by atoms with van der Waals surface area (Å²) in [7, 11) is 0. The zero-order valence-corrected chi connectivity index (χ0v) is 29.5. The molecule has 0 N–H and O–H groups in total. The van der Waals surface area contributed by atoms with Gasteiger partial charge in [-0.25, -0.2) is 0 Å². The summed E-state index contributed by atoms with van der Waals surface area (Å²) in [5.41, 5.74) is 0.563. The van der Waals surface area contributed by atoms with E-state index in [1.165, 1.54) is 32.3 Å². The standard InChI is InChI=1S/C33H37Br2NO10/c1-16-30(43-19(4)39)32(44-20(5)40)27(15-41-18(3)38)46-33(16)45-26-13-36(17(2)37)25-12-24(34)31(29(35)28(25)26)42-14-23-21-10-8-6-7-9-11-22(21)23/h12-13,16,21-23,27,30,32-33H,8-11,14-15H2,1-5H3/t16-,21-,22+,23?,27-,30-,32-,33-/m1/s1. The molecule has 2 aromatic rings. The van der Waals surface area contributed by atoms with Crippen molar-refractivity contribution in [3.63, 3.8) is 0 Å². The first kappa shape index (κ1) is 34.3. The lowest BCUT2D eigenvalue weighted by Gasteiger charge is -2.43. The largest absolute Gasteiger partial charge is 0.491 e. The van der Waals surface area contributed by atoms with Crippen LogP contribution in [0.4, 0.5) is 0 Å². The molecule has 46 heavy (non-hydrogen) atoms. The van der Waals surface area contributed by atoms with Crippen LogP contribution in [-0.2, 0) is 33.3 Å². The Labute approximate surface area is 284 Å². The molecule has 2 fully saturated rings. The summed E-state index contributed by atoms with van der Waals surface area (Å²) >= 11 is 7.37. The van der Waals surface area contributed by atoms with Crippen LogP contribution in [0.3, 0.4) is 0 Å². The van der Waals surface area contributed by atoms with Gasteiger partial charge in [0.25, 0.3) is 0 Å². The van der Waals surface area contributed by atoms with E-state index in [2.05, 4.69) is 43.7 Å². The van der Waals surface area contributed by atoms with Gasteiger partial charge in [0.2, 0.25) is 12.2 Å². The molecule has 1 unspecified atom stereocenters. The van der Waals surface area contributed by atoms with E-state index >= 15 is 0 Å². The monoisotopic (exact) mass is 765 g/mol. The SMILES string of the molecule is CC(=O)OC[C@H]1O[C@@H](Oc2cn(C(C)=O)c3cc(Br)c(OCC4[C@H]5CCC#CCC[C@@H]45)c(Br)c23)[C@H](C)[C@@H](OC(C)=O)[C@@H]1OC(C)=O. The molecule has 1 saturated heterocycles. The van der Waals surface area contributed by atoms with Crippen molar-refractivity contribution in [2.24, 2.45) is 23.7 Å². The first-order chi connectivity index (χ1) is 21.9. The molecule has 0 bridgehead atoms. The molecule has 248 valence electrons. The normalized spacial score (nSPS) is 28.4. The molecule has 0 spiro atoms. The second-order valence-electron chi connectivity index (χ2n) is 12.0. The summed E-state index contributed by atoms with van der Waals surface area (Å²) < 4.78 is 38.1.